The van der Waals surface area contributed by atoms with Crippen LogP contribution in [0.15, 0.2) is 64.4 Å². The van der Waals surface area contributed by atoms with Gasteiger partial charge in [-0.15, -0.1) is 0 Å². The van der Waals surface area contributed by atoms with Crippen molar-refractivity contribution in [1.29, 1.82) is 0 Å². The zero-order valence-corrected chi connectivity index (χ0v) is 14.4. The van der Waals surface area contributed by atoms with Crippen molar-refractivity contribution >= 4 is 43.4 Å². The molecule has 0 radical (unpaired) electrons. The van der Waals surface area contributed by atoms with E-state index in [9.17, 15) is 13.2 Å². The molecule has 0 bridgehead atoms. The van der Waals surface area contributed by atoms with E-state index in [-0.39, 0.29) is 10.0 Å². The number of rotatable bonds is 3. The summed E-state index contributed by atoms with van der Waals surface area (Å²) in [5.74, 6) is 0. The Morgan fingerprint density at radius 1 is 0.958 bits per heavy atom. The standard InChI is InChI=1S/C18H13NO3S2/c1-11-5-7-12(8-6-11)19-24(21,22)16-10-9-15-17-13(16)3-2-4-14(17)18(20)23-15/h2-10,19H,1H3. The lowest BCUT2D eigenvalue weighted by molar-refractivity contribution is 0.109. The normalized spacial score (nSPS) is 13.5. The Balaban J connectivity index is 1.86. The number of hydrogen-bond donors (Lipinski definition) is 1. The minimum absolute atomic E-state index is 0.0448. The van der Waals surface area contributed by atoms with E-state index in [2.05, 4.69) is 4.72 Å². The van der Waals surface area contributed by atoms with E-state index in [4.69, 9.17) is 0 Å². The average Bonchev–Trinajstić information content (AvgIpc) is 2.88. The molecule has 4 nitrogen and oxygen atoms in total. The fraction of sp³-hybridized carbons (Fsp3) is 0.0556. The van der Waals surface area contributed by atoms with E-state index >= 15 is 0 Å². The van der Waals surface area contributed by atoms with E-state index in [1.54, 1.807) is 42.5 Å². The third kappa shape index (κ3) is 2.39. The molecule has 6 heteroatoms. The Labute approximate surface area is 143 Å². The van der Waals surface area contributed by atoms with Gasteiger partial charge in [-0.25, -0.2) is 8.42 Å². The minimum Gasteiger partial charge on any atom is -0.281 e. The lowest BCUT2D eigenvalue weighted by Gasteiger charge is -2.11. The highest BCUT2D eigenvalue weighted by Gasteiger charge is 2.27. The number of anilines is 1. The number of carbonyl (C=O) groups is 1. The molecule has 0 aromatic heterocycles. The van der Waals surface area contributed by atoms with Crippen LogP contribution in [-0.2, 0) is 10.0 Å². The molecule has 1 aliphatic heterocycles. The summed E-state index contributed by atoms with van der Waals surface area (Å²) in [5.41, 5.74) is 2.13. The molecule has 0 fully saturated rings. The summed E-state index contributed by atoms with van der Waals surface area (Å²) in [6.07, 6.45) is 0. The number of hydrogen-bond acceptors (Lipinski definition) is 4. The van der Waals surface area contributed by atoms with Crippen LogP contribution in [0.3, 0.4) is 0 Å². The summed E-state index contributed by atoms with van der Waals surface area (Å²) < 4.78 is 28.2. The van der Waals surface area contributed by atoms with Crippen LogP contribution in [0, 0.1) is 6.92 Å². The maximum atomic E-state index is 12.8. The van der Waals surface area contributed by atoms with Crippen molar-refractivity contribution in [3.63, 3.8) is 0 Å². The number of nitrogens with one attached hydrogen (secondary N) is 1. The van der Waals surface area contributed by atoms with Crippen molar-refractivity contribution in [3.05, 3.63) is 65.7 Å². The van der Waals surface area contributed by atoms with Gasteiger partial charge >= 0.3 is 0 Å². The Morgan fingerprint density at radius 2 is 1.71 bits per heavy atom. The Bertz CT molecular complexity index is 1090. The van der Waals surface area contributed by atoms with Crippen LogP contribution < -0.4 is 4.72 Å². The van der Waals surface area contributed by atoms with E-state index in [1.165, 1.54) is 0 Å². The summed E-state index contributed by atoms with van der Waals surface area (Å²) in [5, 5.41) is 1.25. The second kappa shape index (κ2) is 5.36. The molecule has 3 aromatic carbocycles. The molecule has 1 aliphatic rings. The molecule has 1 N–H and O–H groups in total. The number of thioether (sulfide) groups is 1. The van der Waals surface area contributed by atoms with Gasteiger partial charge in [-0.3, -0.25) is 9.52 Å². The molecule has 24 heavy (non-hydrogen) atoms. The van der Waals surface area contributed by atoms with E-state index in [1.807, 2.05) is 19.1 Å². The van der Waals surface area contributed by atoms with Gasteiger partial charge in [0, 0.05) is 26.9 Å². The summed E-state index contributed by atoms with van der Waals surface area (Å²) in [7, 11) is -3.75. The fourth-order valence-electron chi connectivity index (χ4n) is 2.82. The highest BCUT2D eigenvalue weighted by Crippen LogP contribution is 2.42. The SMILES string of the molecule is Cc1ccc(NS(=O)(=O)c2ccc3c4c(cccc24)C(=O)S3)cc1. The van der Waals surface area contributed by atoms with E-state index in [0.29, 0.717) is 16.6 Å². The van der Waals surface area contributed by atoms with Gasteiger partial charge in [0.2, 0.25) is 5.12 Å². The molecule has 0 saturated heterocycles. The zero-order chi connectivity index (χ0) is 16.9. The highest BCUT2D eigenvalue weighted by molar-refractivity contribution is 8.14. The van der Waals surface area contributed by atoms with Gasteiger partial charge in [0.15, 0.2) is 0 Å². The first-order valence-corrected chi connectivity index (χ1v) is 9.63. The van der Waals surface area contributed by atoms with Gasteiger partial charge in [0.1, 0.15) is 0 Å². The Kier molecular flexibility index (Phi) is 3.40. The number of benzene rings is 3. The second-order valence-electron chi connectivity index (χ2n) is 5.65. The maximum Gasteiger partial charge on any atom is 0.262 e. The third-order valence-corrected chi connectivity index (χ3v) is 6.38. The van der Waals surface area contributed by atoms with Gasteiger partial charge in [-0.2, -0.15) is 0 Å². The molecule has 0 unspecified atom stereocenters. The lowest BCUT2D eigenvalue weighted by atomic mass is 10.1. The first kappa shape index (κ1) is 15.2. The third-order valence-electron chi connectivity index (χ3n) is 3.98. The first-order valence-electron chi connectivity index (χ1n) is 7.33. The molecule has 0 atom stereocenters. The summed E-state index contributed by atoms with van der Waals surface area (Å²) in [6, 6.07) is 15.6. The van der Waals surface area contributed by atoms with Gasteiger partial charge in [-0.1, -0.05) is 29.8 Å². The molecule has 1 heterocycles. The zero-order valence-electron chi connectivity index (χ0n) is 12.7. The van der Waals surface area contributed by atoms with Crippen LogP contribution in [0.1, 0.15) is 15.9 Å². The minimum atomic E-state index is -3.75. The second-order valence-corrected chi connectivity index (χ2v) is 8.32. The molecule has 0 aliphatic carbocycles. The van der Waals surface area contributed by atoms with Crippen molar-refractivity contribution in [2.75, 3.05) is 4.72 Å². The van der Waals surface area contributed by atoms with Gasteiger partial charge in [0.25, 0.3) is 10.0 Å². The van der Waals surface area contributed by atoms with Crippen LogP contribution in [0.2, 0.25) is 0 Å². The molecule has 0 saturated carbocycles. The number of sulfonamides is 1. The smallest absolute Gasteiger partial charge is 0.262 e. The number of carbonyl (C=O) groups excluding carboxylic acids is 1. The average molecular weight is 355 g/mol. The van der Waals surface area contributed by atoms with Gasteiger partial charge in [0.05, 0.1) is 4.90 Å². The Hall–Kier alpha value is -2.31. The van der Waals surface area contributed by atoms with Crippen molar-refractivity contribution in [3.8, 4) is 0 Å². The molecular formula is C18H13NO3S2. The predicted octanol–water partition coefficient (Wildman–Crippen LogP) is 4.19. The quantitative estimate of drug-likeness (QED) is 0.765. The molecule has 4 rings (SSSR count). The fourth-order valence-corrected chi connectivity index (χ4v) is 5.02. The topological polar surface area (TPSA) is 63.2 Å². The Morgan fingerprint density at radius 3 is 2.46 bits per heavy atom. The lowest BCUT2D eigenvalue weighted by Crippen LogP contribution is -2.13. The molecule has 120 valence electrons. The van der Waals surface area contributed by atoms with Crippen LogP contribution in [0.25, 0.3) is 10.8 Å². The summed E-state index contributed by atoms with van der Waals surface area (Å²) >= 11 is 1.14. The maximum absolute atomic E-state index is 12.8. The highest BCUT2D eigenvalue weighted by atomic mass is 32.2. The van der Waals surface area contributed by atoms with Gasteiger partial charge < -0.3 is 0 Å². The van der Waals surface area contributed by atoms with Crippen LogP contribution in [0.4, 0.5) is 5.69 Å². The monoisotopic (exact) mass is 355 g/mol. The molecule has 0 spiro atoms. The largest absolute Gasteiger partial charge is 0.281 e. The number of aryl methyl sites for hydroxylation is 1. The van der Waals surface area contributed by atoms with Crippen molar-refractivity contribution in [1.82, 2.24) is 0 Å². The van der Waals surface area contributed by atoms with Gasteiger partial charge in [-0.05, 0) is 49.0 Å². The van der Waals surface area contributed by atoms with Crippen LogP contribution >= 0.6 is 11.8 Å². The van der Waals surface area contributed by atoms with Crippen LogP contribution in [-0.4, -0.2) is 13.5 Å². The molecular weight excluding hydrogens is 342 g/mol. The molecule has 0 amide bonds. The van der Waals surface area contributed by atoms with Crippen molar-refractivity contribution in [2.24, 2.45) is 0 Å². The van der Waals surface area contributed by atoms with E-state index < -0.39 is 10.0 Å². The van der Waals surface area contributed by atoms with E-state index in [0.717, 1.165) is 27.6 Å². The molecule has 3 aromatic rings. The first-order chi connectivity index (χ1) is 11.5. The van der Waals surface area contributed by atoms with Crippen molar-refractivity contribution < 1.29 is 13.2 Å². The predicted molar refractivity (Wildman–Crippen MR) is 96.1 cm³/mol. The summed E-state index contributed by atoms with van der Waals surface area (Å²) in [4.78, 5) is 13.0. The summed E-state index contributed by atoms with van der Waals surface area (Å²) in [6.45, 7) is 1.94. The van der Waals surface area contributed by atoms with Crippen molar-refractivity contribution in [2.45, 2.75) is 16.7 Å². The van der Waals surface area contributed by atoms with Crippen LogP contribution in [0.5, 0.6) is 0 Å².